The first-order valence-electron chi connectivity index (χ1n) is 6.65. The molecule has 1 fully saturated rings. The van der Waals surface area contributed by atoms with Gasteiger partial charge in [-0.3, -0.25) is 9.59 Å². The van der Waals surface area contributed by atoms with Crippen LogP contribution in [0.4, 0.5) is 0 Å². The Morgan fingerprint density at radius 2 is 2.10 bits per heavy atom. The number of aromatic amines is 1. The Labute approximate surface area is 115 Å². The molecule has 0 unspecified atom stereocenters. The Morgan fingerprint density at radius 3 is 2.80 bits per heavy atom. The molecule has 20 heavy (non-hydrogen) atoms. The molecule has 1 aromatic carbocycles. The molecule has 1 aliphatic rings. The molecule has 0 radical (unpaired) electrons. The van der Waals surface area contributed by atoms with E-state index in [0.717, 1.165) is 18.2 Å². The van der Waals surface area contributed by atoms with E-state index in [1.54, 1.807) is 12.1 Å². The first kappa shape index (κ1) is 12.9. The number of nitrogens with one attached hydrogen (secondary N) is 2. The molecule has 3 rings (SSSR count). The summed E-state index contributed by atoms with van der Waals surface area (Å²) in [6.45, 7) is 0.535. The second-order valence-corrected chi connectivity index (χ2v) is 5.43. The summed E-state index contributed by atoms with van der Waals surface area (Å²) in [6, 6.07) is 8.53. The Balaban J connectivity index is 1.89. The van der Waals surface area contributed by atoms with Crippen LogP contribution in [0.1, 0.15) is 23.2 Å². The summed E-state index contributed by atoms with van der Waals surface area (Å²) in [7, 11) is 0. The predicted molar refractivity (Wildman–Crippen MR) is 75.7 cm³/mol. The van der Waals surface area contributed by atoms with Gasteiger partial charge < -0.3 is 15.4 Å². The Bertz CT molecular complexity index is 716. The number of fused-ring (bicyclic) bond motifs is 1. The third kappa shape index (κ3) is 2.32. The van der Waals surface area contributed by atoms with Crippen molar-refractivity contribution in [3.05, 3.63) is 46.2 Å². The summed E-state index contributed by atoms with van der Waals surface area (Å²) in [6.07, 6.45) is 1.86. The van der Waals surface area contributed by atoms with Crippen LogP contribution in [0.3, 0.4) is 0 Å². The number of amides is 1. The smallest absolute Gasteiger partial charge is 0.252 e. The molecule has 1 aliphatic carbocycles. The molecule has 3 N–H and O–H groups in total. The van der Waals surface area contributed by atoms with E-state index in [2.05, 4.69) is 10.3 Å². The van der Waals surface area contributed by atoms with Crippen molar-refractivity contribution >= 4 is 16.8 Å². The molecule has 0 saturated heterocycles. The molecule has 1 aromatic heterocycles. The minimum absolute atomic E-state index is 0.0867. The number of aliphatic hydroxyl groups excluding tert-OH is 1. The average molecular weight is 272 g/mol. The number of hydrogen-bond donors (Lipinski definition) is 3. The molecule has 104 valence electrons. The van der Waals surface area contributed by atoms with E-state index >= 15 is 0 Å². The molecule has 2 aromatic rings. The van der Waals surface area contributed by atoms with Crippen molar-refractivity contribution in [3.8, 4) is 0 Å². The first-order chi connectivity index (χ1) is 9.63. The minimum Gasteiger partial charge on any atom is -0.396 e. The van der Waals surface area contributed by atoms with Crippen molar-refractivity contribution in [2.75, 3.05) is 13.2 Å². The van der Waals surface area contributed by atoms with Crippen molar-refractivity contribution in [1.29, 1.82) is 0 Å². The quantitative estimate of drug-likeness (QED) is 0.777. The summed E-state index contributed by atoms with van der Waals surface area (Å²) < 4.78 is 0. The number of aromatic nitrogens is 1. The van der Waals surface area contributed by atoms with Crippen LogP contribution in [-0.4, -0.2) is 29.1 Å². The SMILES string of the molecule is O=C(NCC1(CO)CC1)c1cc(=O)[nH]c2ccccc12. The summed E-state index contributed by atoms with van der Waals surface area (Å²) in [5.74, 6) is -0.271. The number of carbonyl (C=O) groups excluding carboxylic acids is 1. The molecule has 1 heterocycles. The largest absolute Gasteiger partial charge is 0.396 e. The van der Waals surface area contributed by atoms with E-state index in [4.69, 9.17) is 0 Å². The molecule has 0 spiro atoms. The number of carbonyl (C=O) groups is 1. The normalized spacial score (nSPS) is 16.1. The standard InChI is InChI=1S/C15H16N2O3/c18-9-15(5-6-15)8-16-14(20)11-7-13(19)17-12-4-2-1-3-10(11)12/h1-4,7,18H,5-6,8-9H2,(H,16,20)(H,17,19). The summed E-state index contributed by atoms with van der Waals surface area (Å²) in [5.41, 5.74) is 0.579. The Kier molecular flexibility index (Phi) is 3.06. The number of pyridine rings is 1. The number of benzene rings is 1. The number of hydrogen-bond acceptors (Lipinski definition) is 3. The van der Waals surface area contributed by atoms with Crippen molar-refractivity contribution in [2.24, 2.45) is 5.41 Å². The maximum absolute atomic E-state index is 12.3. The lowest BCUT2D eigenvalue weighted by atomic mass is 10.1. The van der Waals surface area contributed by atoms with Crippen LogP contribution in [0.25, 0.3) is 10.9 Å². The van der Waals surface area contributed by atoms with Gasteiger partial charge in [-0.2, -0.15) is 0 Å². The Morgan fingerprint density at radius 1 is 1.35 bits per heavy atom. The highest BCUT2D eigenvalue weighted by atomic mass is 16.3. The lowest BCUT2D eigenvalue weighted by Gasteiger charge is -2.13. The van der Waals surface area contributed by atoms with Gasteiger partial charge in [0.05, 0.1) is 12.2 Å². The van der Waals surface area contributed by atoms with Gasteiger partial charge in [-0.05, 0) is 18.9 Å². The number of para-hydroxylation sites is 1. The van der Waals surface area contributed by atoms with Crippen molar-refractivity contribution < 1.29 is 9.90 Å². The van der Waals surface area contributed by atoms with Crippen LogP contribution < -0.4 is 10.9 Å². The van der Waals surface area contributed by atoms with Gasteiger partial charge in [-0.1, -0.05) is 18.2 Å². The highest BCUT2D eigenvalue weighted by molar-refractivity contribution is 6.05. The van der Waals surface area contributed by atoms with Gasteiger partial charge in [-0.15, -0.1) is 0 Å². The topological polar surface area (TPSA) is 82.2 Å². The maximum Gasteiger partial charge on any atom is 0.252 e. The van der Waals surface area contributed by atoms with Gasteiger partial charge in [0, 0.05) is 28.9 Å². The molecular weight excluding hydrogens is 256 g/mol. The van der Waals surface area contributed by atoms with E-state index in [1.165, 1.54) is 6.07 Å². The zero-order valence-electron chi connectivity index (χ0n) is 11.0. The zero-order chi connectivity index (χ0) is 14.2. The van der Waals surface area contributed by atoms with Gasteiger partial charge in [0.1, 0.15) is 0 Å². The molecule has 1 amide bonds. The summed E-state index contributed by atoms with van der Waals surface area (Å²) in [4.78, 5) is 26.6. The number of H-pyrrole nitrogens is 1. The van der Waals surface area contributed by atoms with Crippen LogP contribution in [0, 0.1) is 5.41 Å². The third-order valence-corrected chi connectivity index (χ3v) is 3.91. The molecule has 0 atom stereocenters. The van der Waals surface area contributed by atoms with E-state index in [9.17, 15) is 14.7 Å². The number of aliphatic hydroxyl groups is 1. The van der Waals surface area contributed by atoms with Gasteiger partial charge in [-0.25, -0.2) is 0 Å². The van der Waals surface area contributed by atoms with Crippen molar-refractivity contribution in [1.82, 2.24) is 10.3 Å². The minimum atomic E-state index is -0.294. The molecular formula is C15H16N2O3. The number of rotatable bonds is 4. The lowest BCUT2D eigenvalue weighted by Crippen LogP contribution is -2.32. The summed E-state index contributed by atoms with van der Waals surface area (Å²) in [5, 5.41) is 12.8. The molecule has 5 nitrogen and oxygen atoms in total. The summed E-state index contributed by atoms with van der Waals surface area (Å²) >= 11 is 0. The second kappa shape index (κ2) is 4.76. The van der Waals surface area contributed by atoms with Crippen LogP contribution in [0.2, 0.25) is 0 Å². The van der Waals surface area contributed by atoms with Crippen LogP contribution in [0.15, 0.2) is 35.1 Å². The predicted octanol–water partition coefficient (Wildman–Crippen LogP) is 1.03. The van der Waals surface area contributed by atoms with Crippen LogP contribution in [-0.2, 0) is 0 Å². The zero-order valence-corrected chi connectivity index (χ0v) is 11.0. The third-order valence-electron chi connectivity index (χ3n) is 3.91. The molecule has 0 aliphatic heterocycles. The second-order valence-electron chi connectivity index (χ2n) is 5.43. The lowest BCUT2D eigenvalue weighted by molar-refractivity contribution is 0.0936. The van der Waals surface area contributed by atoms with Gasteiger partial charge in [0.25, 0.3) is 5.91 Å². The molecule has 0 bridgehead atoms. The van der Waals surface area contributed by atoms with Gasteiger partial charge >= 0.3 is 0 Å². The molecule has 1 saturated carbocycles. The van der Waals surface area contributed by atoms with Crippen LogP contribution in [0.5, 0.6) is 0 Å². The highest BCUT2D eigenvalue weighted by Crippen LogP contribution is 2.44. The van der Waals surface area contributed by atoms with Gasteiger partial charge in [0.2, 0.25) is 5.56 Å². The van der Waals surface area contributed by atoms with Crippen molar-refractivity contribution in [2.45, 2.75) is 12.8 Å². The van der Waals surface area contributed by atoms with E-state index in [0.29, 0.717) is 17.6 Å². The highest BCUT2D eigenvalue weighted by Gasteiger charge is 2.42. The molecule has 5 heteroatoms. The monoisotopic (exact) mass is 272 g/mol. The Hall–Kier alpha value is -2.14. The van der Waals surface area contributed by atoms with E-state index in [-0.39, 0.29) is 23.5 Å². The van der Waals surface area contributed by atoms with E-state index < -0.39 is 0 Å². The maximum atomic E-state index is 12.3. The van der Waals surface area contributed by atoms with E-state index in [1.807, 2.05) is 12.1 Å². The fourth-order valence-electron chi connectivity index (χ4n) is 2.32. The fourth-order valence-corrected chi connectivity index (χ4v) is 2.32. The fraction of sp³-hybridized carbons (Fsp3) is 0.333. The first-order valence-corrected chi connectivity index (χ1v) is 6.65. The average Bonchev–Trinajstić information content (AvgIpc) is 3.24. The van der Waals surface area contributed by atoms with Gasteiger partial charge in [0.15, 0.2) is 0 Å². The van der Waals surface area contributed by atoms with Crippen LogP contribution >= 0.6 is 0 Å². The van der Waals surface area contributed by atoms with Crippen molar-refractivity contribution in [3.63, 3.8) is 0 Å².